The molecule has 18 heavy (non-hydrogen) atoms. The molecule has 0 saturated heterocycles. The summed E-state index contributed by atoms with van der Waals surface area (Å²) in [6, 6.07) is 3.16. The van der Waals surface area contributed by atoms with Crippen molar-refractivity contribution >= 4 is 6.08 Å². The van der Waals surface area contributed by atoms with E-state index in [0.29, 0.717) is 12.8 Å². The van der Waals surface area contributed by atoms with Crippen molar-refractivity contribution in [1.29, 1.82) is 0 Å². The van der Waals surface area contributed by atoms with E-state index < -0.39 is 17.3 Å². The Labute approximate surface area is 103 Å². The van der Waals surface area contributed by atoms with E-state index in [1.54, 1.807) is 0 Å². The third-order valence-electron chi connectivity index (χ3n) is 3.41. The summed E-state index contributed by atoms with van der Waals surface area (Å²) in [7, 11) is 0. The summed E-state index contributed by atoms with van der Waals surface area (Å²) in [5.74, 6) is -3.65. The lowest BCUT2D eigenvalue weighted by Gasteiger charge is -2.37. The number of alkyl halides is 2. The zero-order valence-electron chi connectivity index (χ0n) is 9.84. The highest BCUT2D eigenvalue weighted by Crippen LogP contribution is 2.46. The van der Waals surface area contributed by atoms with Crippen molar-refractivity contribution in [3.05, 3.63) is 35.1 Å². The van der Waals surface area contributed by atoms with Crippen LogP contribution in [0.25, 0.3) is 0 Å². The fourth-order valence-corrected chi connectivity index (χ4v) is 2.20. The maximum atomic E-state index is 13.8. The van der Waals surface area contributed by atoms with E-state index in [1.807, 2.05) is 0 Å². The van der Waals surface area contributed by atoms with E-state index in [2.05, 4.69) is 4.99 Å². The second-order valence-electron chi connectivity index (χ2n) is 4.67. The van der Waals surface area contributed by atoms with Crippen LogP contribution in [-0.2, 0) is 16.3 Å². The maximum absolute atomic E-state index is 13.8. The Morgan fingerprint density at radius 2 is 2.06 bits per heavy atom. The Morgan fingerprint density at radius 3 is 2.50 bits per heavy atom. The molecule has 0 aromatic heterocycles. The number of hydrogen-bond acceptors (Lipinski definition) is 2. The largest absolute Gasteiger partial charge is 0.270 e. The molecule has 0 amide bonds. The fraction of sp³-hybridized carbons (Fsp3) is 0.462. The van der Waals surface area contributed by atoms with Crippen molar-refractivity contribution in [1.82, 2.24) is 0 Å². The van der Waals surface area contributed by atoms with Crippen LogP contribution < -0.4 is 0 Å². The molecule has 0 bridgehead atoms. The molecule has 0 spiro atoms. The Morgan fingerprint density at radius 1 is 1.39 bits per heavy atom. The van der Waals surface area contributed by atoms with Crippen LogP contribution in [0.15, 0.2) is 23.2 Å². The van der Waals surface area contributed by atoms with Crippen molar-refractivity contribution < 1.29 is 18.0 Å². The molecule has 0 radical (unpaired) electrons. The van der Waals surface area contributed by atoms with Crippen LogP contribution in [0, 0.1) is 5.82 Å². The van der Waals surface area contributed by atoms with Crippen LogP contribution in [0.2, 0.25) is 0 Å². The van der Waals surface area contributed by atoms with Gasteiger partial charge in [0.2, 0.25) is 6.08 Å². The summed E-state index contributed by atoms with van der Waals surface area (Å²) in [6.07, 6.45) is 3.17. The SMILES string of the molecule is CC(F)(F)c1ccc(F)c(C2(N=C=O)CCC2)c1. The number of isocyanates is 1. The Hall–Kier alpha value is -1.61. The third kappa shape index (κ3) is 2.06. The molecular formula is C13H12F3NO. The van der Waals surface area contributed by atoms with Gasteiger partial charge < -0.3 is 0 Å². The molecule has 1 saturated carbocycles. The first kappa shape index (κ1) is 12.8. The molecule has 1 aromatic carbocycles. The molecule has 5 heteroatoms. The molecule has 2 rings (SSSR count). The first-order valence-corrected chi connectivity index (χ1v) is 5.66. The highest BCUT2D eigenvalue weighted by molar-refractivity contribution is 5.41. The number of nitrogens with zero attached hydrogens (tertiary/aromatic N) is 1. The van der Waals surface area contributed by atoms with E-state index >= 15 is 0 Å². The molecule has 1 aromatic rings. The lowest BCUT2D eigenvalue weighted by atomic mass is 9.71. The smallest absolute Gasteiger partial charge is 0.211 e. The topological polar surface area (TPSA) is 29.4 Å². The van der Waals surface area contributed by atoms with Gasteiger partial charge in [0.15, 0.2) is 0 Å². The summed E-state index contributed by atoms with van der Waals surface area (Å²) in [4.78, 5) is 14.0. The number of hydrogen-bond donors (Lipinski definition) is 0. The van der Waals surface area contributed by atoms with E-state index in [4.69, 9.17) is 0 Å². The van der Waals surface area contributed by atoms with Gasteiger partial charge in [0, 0.05) is 18.1 Å². The number of carbonyl (C=O) groups excluding carboxylic acids is 1. The van der Waals surface area contributed by atoms with E-state index in [9.17, 15) is 18.0 Å². The lowest BCUT2D eigenvalue weighted by Crippen LogP contribution is -2.33. The van der Waals surface area contributed by atoms with Gasteiger partial charge >= 0.3 is 0 Å². The average molecular weight is 255 g/mol. The van der Waals surface area contributed by atoms with Crippen molar-refractivity contribution in [3.63, 3.8) is 0 Å². The Kier molecular flexibility index (Phi) is 3.03. The first-order valence-electron chi connectivity index (χ1n) is 5.66. The zero-order valence-corrected chi connectivity index (χ0v) is 9.84. The predicted molar refractivity (Wildman–Crippen MR) is 59.6 cm³/mol. The number of aliphatic imine (C=N–C) groups is 1. The van der Waals surface area contributed by atoms with Crippen LogP contribution in [0.4, 0.5) is 13.2 Å². The average Bonchev–Trinajstić information content (AvgIpc) is 2.23. The van der Waals surface area contributed by atoms with Gasteiger partial charge in [0.05, 0.1) is 0 Å². The van der Waals surface area contributed by atoms with Gasteiger partial charge in [-0.2, -0.15) is 4.99 Å². The van der Waals surface area contributed by atoms with Crippen molar-refractivity contribution in [2.24, 2.45) is 4.99 Å². The molecule has 0 aliphatic heterocycles. The highest BCUT2D eigenvalue weighted by Gasteiger charge is 2.42. The normalized spacial score (nSPS) is 17.8. The van der Waals surface area contributed by atoms with Gasteiger partial charge in [-0.3, -0.25) is 0 Å². The van der Waals surface area contributed by atoms with Crippen molar-refractivity contribution in [2.75, 3.05) is 0 Å². The third-order valence-corrected chi connectivity index (χ3v) is 3.41. The summed E-state index contributed by atoms with van der Waals surface area (Å²) < 4.78 is 40.2. The summed E-state index contributed by atoms with van der Waals surface area (Å²) in [5, 5.41) is 0. The molecule has 1 aliphatic carbocycles. The molecule has 2 nitrogen and oxygen atoms in total. The standard InChI is InChI=1S/C13H12F3NO/c1-12(15,16)9-3-4-11(14)10(7-9)13(17-8-18)5-2-6-13/h3-4,7H,2,5-6H2,1H3. The van der Waals surface area contributed by atoms with Gasteiger partial charge in [0.1, 0.15) is 11.4 Å². The van der Waals surface area contributed by atoms with E-state index in [-0.39, 0.29) is 11.1 Å². The quantitative estimate of drug-likeness (QED) is 0.598. The second-order valence-corrected chi connectivity index (χ2v) is 4.67. The van der Waals surface area contributed by atoms with Crippen LogP contribution in [0.5, 0.6) is 0 Å². The minimum absolute atomic E-state index is 0.0659. The molecule has 96 valence electrons. The van der Waals surface area contributed by atoms with Crippen LogP contribution in [-0.4, -0.2) is 6.08 Å². The van der Waals surface area contributed by atoms with Crippen molar-refractivity contribution in [3.8, 4) is 0 Å². The molecular weight excluding hydrogens is 243 g/mol. The van der Waals surface area contributed by atoms with Gasteiger partial charge in [-0.05, 0) is 31.4 Å². The number of rotatable bonds is 3. The monoisotopic (exact) mass is 255 g/mol. The fourth-order valence-electron chi connectivity index (χ4n) is 2.20. The first-order chi connectivity index (χ1) is 8.39. The molecule has 1 aliphatic rings. The molecule has 1 fully saturated rings. The summed E-state index contributed by atoms with van der Waals surface area (Å²) in [5.41, 5.74) is -1.20. The molecule has 0 unspecified atom stereocenters. The van der Waals surface area contributed by atoms with Crippen LogP contribution in [0.3, 0.4) is 0 Å². The predicted octanol–water partition coefficient (Wildman–Crippen LogP) is 3.65. The molecule has 0 N–H and O–H groups in total. The Balaban J connectivity index is 2.53. The number of halogens is 3. The maximum Gasteiger partial charge on any atom is 0.270 e. The van der Waals surface area contributed by atoms with Crippen LogP contribution >= 0.6 is 0 Å². The van der Waals surface area contributed by atoms with E-state index in [0.717, 1.165) is 31.5 Å². The molecule has 0 atom stereocenters. The van der Waals surface area contributed by atoms with Gasteiger partial charge in [-0.15, -0.1) is 0 Å². The summed E-state index contributed by atoms with van der Waals surface area (Å²) >= 11 is 0. The highest BCUT2D eigenvalue weighted by atomic mass is 19.3. The second kappa shape index (κ2) is 4.25. The summed E-state index contributed by atoms with van der Waals surface area (Å²) in [6.45, 7) is 0.750. The van der Waals surface area contributed by atoms with Crippen LogP contribution in [0.1, 0.15) is 37.3 Å². The van der Waals surface area contributed by atoms with Gasteiger partial charge in [-0.25, -0.2) is 18.0 Å². The molecule has 0 heterocycles. The van der Waals surface area contributed by atoms with Gasteiger partial charge in [-0.1, -0.05) is 6.07 Å². The van der Waals surface area contributed by atoms with Crippen molar-refractivity contribution in [2.45, 2.75) is 37.6 Å². The lowest BCUT2D eigenvalue weighted by molar-refractivity contribution is 0.0171. The van der Waals surface area contributed by atoms with Gasteiger partial charge in [0.25, 0.3) is 5.92 Å². The minimum atomic E-state index is -3.04. The Bertz CT molecular complexity index is 511. The zero-order chi connectivity index (χ0) is 13.4. The minimum Gasteiger partial charge on any atom is -0.211 e. The van der Waals surface area contributed by atoms with E-state index in [1.165, 1.54) is 6.08 Å². The number of benzene rings is 1.